The molecule has 112 valence electrons. The van der Waals surface area contributed by atoms with Crippen LogP contribution < -0.4 is 10.2 Å². The van der Waals surface area contributed by atoms with Crippen LogP contribution in [0.4, 0.5) is 10.8 Å². The first-order valence-corrected chi connectivity index (χ1v) is 7.71. The van der Waals surface area contributed by atoms with Crippen molar-refractivity contribution in [2.75, 3.05) is 11.4 Å². The van der Waals surface area contributed by atoms with Crippen molar-refractivity contribution in [1.82, 2.24) is 10.3 Å². The highest BCUT2D eigenvalue weighted by atomic mass is 16.4. The minimum atomic E-state index is -0.0767. The topological polar surface area (TPSA) is 58.4 Å². The van der Waals surface area contributed by atoms with Crippen LogP contribution >= 0.6 is 0 Å². The second-order valence-electron chi connectivity index (χ2n) is 5.56. The molecular formula is C15H25N3O2. The number of anilines is 1. The molecule has 1 aliphatic carbocycles. The fourth-order valence-electron chi connectivity index (χ4n) is 2.57. The quantitative estimate of drug-likeness (QED) is 0.895. The summed E-state index contributed by atoms with van der Waals surface area (Å²) in [6, 6.07) is 0.632. The Balaban J connectivity index is 1.99. The number of hydrogen-bond acceptors (Lipinski definition) is 3. The normalized spacial score (nSPS) is 16.1. The van der Waals surface area contributed by atoms with Crippen molar-refractivity contribution >= 4 is 12.0 Å². The van der Waals surface area contributed by atoms with Gasteiger partial charge in [-0.25, -0.2) is 9.69 Å². The van der Waals surface area contributed by atoms with E-state index in [1.54, 1.807) is 11.2 Å². The number of carbonyl (C=O) groups is 1. The van der Waals surface area contributed by atoms with Crippen molar-refractivity contribution in [1.29, 1.82) is 0 Å². The van der Waals surface area contributed by atoms with Crippen molar-refractivity contribution in [3.05, 3.63) is 12.0 Å². The second kappa shape index (κ2) is 7.31. The molecule has 1 aromatic heterocycles. The Bertz CT molecular complexity index is 425. The Morgan fingerprint density at radius 1 is 1.45 bits per heavy atom. The number of nitrogens with zero attached hydrogens (tertiary/aromatic N) is 2. The minimum Gasteiger partial charge on any atom is -0.431 e. The largest absolute Gasteiger partial charge is 0.431 e. The lowest BCUT2D eigenvalue weighted by Gasteiger charge is -2.26. The minimum absolute atomic E-state index is 0.0767. The molecule has 0 bridgehead atoms. The number of aryl methyl sites for hydroxylation is 1. The van der Waals surface area contributed by atoms with Crippen molar-refractivity contribution in [3.63, 3.8) is 0 Å². The highest BCUT2D eigenvalue weighted by Crippen LogP contribution is 2.19. The molecule has 0 unspecified atom stereocenters. The summed E-state index contributed by atoms with van der Waals surface area (Å²) in [5.74, 6) is 0. The summed E-state index contributed by atoms with van der Waals surface area (Å²) >= 11 is 0. The molecule has 1 aliphatic rings. The first-order valence-electron chi connectivity index (χ1n) is 7.71. The van der Waals surface area contributed by atoms with Gasteiger partial charge in [0.2, 0.25) is 0 Å². The SMILES string of the molecule is CCCCN(C(=O)NC1CCCCC1)c1nc(C)co1. The van der Waals surface area contributed by atoms with Gasteiger partial charge >= 0.3 is 12.0 Å². The Morgan fingerprint density at radius 3 is 2.80 bits per heavy atom. The monoisotopic (exact) mass is 279 g/mol. The molecule has 5 nitrogen and oxygen atoms in total. The standard InChI is InChI=1S/C15H25N3O2/c1-3-4-10-18(15-16-12(2)11-20-15)14(19)17-13-8-6-5-7-9-13/h11,13H,3-10H2,1-2H3,(H,17,19). The smallest absolute Gasteiger partial charge is 0.325 e. The summed E-state index contributed by atoms with van der Waals surface area (Å²) in [6.45, 7) is 4.62. The van der Waals surface area contributed by atoms with Crippen LogP contribution in [-0.2, 0) is 0 Å². The lowest BCUT2D eigenvalue weighted by atomic mass is 9.96. The maximum absolute atomic E-state index is 12.4. The molecule has 0 radical (unpaired) electrons. The number of amides is 2. The van der Waals surface area contributed by atoms with Gasteiger partial charge in [-0.3, -0.25) is 0 Å². The molecule has 1 N–H and O–H groups in total. The molecule has 5 heteroatoms. The molecule has 0 aliphatic heterocycles. The lowest BCUT2D eigenvalue weighted by Crippen LogP contribution is -2.46. The van der Waals surface area contributed by atoms with E-state index in [0.717, 1.165) is 31.4 Å². The number of hydrogen-bond donors (Lipinski definition) is 1. The summed E-state index contributed by atoms with van der Waals surface area (Å²) < 4.78 is 5.39. The van der Waals surface area contributed by atoms with Gasteiger partial charge in [0, 0.05) is 12.6 Å². The molecule has 0 spiro atoms. The molecule has 1 heterocycles. The van der Waals surface area contributed by atoms with Crippen LogP contribution in [0.25, 0.3) is 0 Å². The zero-order valence-corrected chi connectivity index (χ0v) is 12.5. The van der Waals surface area contributed by atoms with Crippen molar-refractivity contribution in [2.45, 2.75) is 64.8 Å². The number of carbonyl (C=O) groups excluding carboxylic acids is 1. The maximum Gasteiger partial charge on any atom is 0.325 e. The van der Waals surface area contributed by atoms with Crippen molar-refractivity contribution in [2.24, 2.45) is 0 Å². The van der Waals surface area contributed by atoms with E-state index in [1.807, 2.05) is 6.92 Å². The average Bonchev–Trinajstić information content (AvgIpc) is 2.87. The summed E-state index contributed by atoms with van der Waals surface area (Å²) in [5, 5.41) is 3.12. The van der Waals surface area contributed by atoms with E-state index in [9.17, 15) is 4.79 Å². The zero-order chi connectivity index (χ0) is 14.4. The number of rotatable bonds is 5. The van der Waals surface area contributed by atoms with Gasteiger partial charge < -0.3 is 9.73 Å². The van der Waals surface area contributed by atoms with Crippen LogP contribution in [0.3, 0.4) is 0 Å². The van der Waals surface area contributed by atoms with Crippen LogP contribution in [0.2, 0.25) is 0 Å². The van der Waals surface area contributed by atoms with E-state index in [-0.39, 0.29) is 6.03 Å². The van der Waals surface area contributed by atoms with E-state index in [0.29, 0.717) is 18.6 Å². The van der Waals surface area contributed by atoms with Crippen LogP contribution in [0.15, 0.2) is 10.7 Å². The van der Waals surface area contributed by atoms with Gasteiger partial charge in [-0.1, -0.05) is 32.6 Å². The molecule has 2 amide bonds. The van der Waals surface area contributed by atoms with Gasteiger partial charge in [-0.2, -0.15) is 4.98 Å². The van der Waals surface area contributed by atoms with E-state index < -0.39 is 0 Å². The zero-order valence-electron chi connectivity index (χ0n) is 12.5. The highest BCUT2D eigenvalue weighted by molar-refractivity contribution is 5.89. The van der Waals surface area contributed by atoms with Crippen LogP contribution in [0.1, 0.15) is 57.6 Å². The lowest BCUT2D eigenvalue weighted by molar-refractivity contribution is 0.236. The predicted molar refractivity (Wildman–Crippen MR) is 78.9 cm³/mol. The molecule has 0 aromatic carbocycles. The molecule has 1 fully saturated rings. The fourth-order valence-corrected chi connectivity index (χ4v) is 2.57. The number of oxazole rings is 1. The van der Waals surface area contributed by atoms with E-state index >= 15 is 0 Å². The third-order valence-corrected chi connectivity index (χ3v) is 3.75. The Hall–Kier alpha value is -1.52. The number of unbranched alkanes of at least 4 members (excludes halogenated alkanes) is 1. The molecule has 20 heavy (non-hydrogen) atoms. The van der Waals surface area contributed by atoms with Crippen LogP contribution in [0, 0.1) is 6.92 Å². The van der Waals surface area contributed by atoms with Gasteiger partial charge in [0.25, 0.3) is 0 Å². The van der Waals surface area contributed by atoms with Gasteiger partial charge in [-0.05, 0) is 26.2 Å². The average molecular weight is 279 g/mol. The fraction of sp³-hybridized carbons (Fsp3) is 0.733. The molecule has 0 saturated heterocycles. The molecule has 0 atom stereocenters. The van der Waals surface area contributed by atoms with Gasteiger partial charge in [0.15, 0.2) is 0 Å². The highest BCUT2D eigenvalue weighted by Gasteiger charge is 2.23. The summed E-state index contributed by atoms with van der Waals surface area (Å²) in [5.41, 5.74) is 0.798. The molecule has 2 rings (SSSR count). The third-order valence-electron chi connectivity index (χ3n) is 3.75. The van der Waals surface area contributed by atoms with Gasteiger partial charge in [0.1, 0.15) is 6.26 Å². The number of nitrogens with one attached hydrogen (secondary N) is 1. The second-order valence-corrected chi connectivity index (χ2v) is 5.56. The number of aromatic nitrogens is 1. The van der Waals surface area contributed by atoms with Crippen LogP contribution in [0.5, 0.6) is 0 Å². The van der Waals surface area contributed by atoms with Crippen LogP contribution in [-0.4, -0.2) is 23.6 Å². The predicted octanol–water partition coefficient (Wildman–Crippen LogP) is 3.63. The molecule has 1 saturated carbocycles. The molecular weight excluding hydrogens is 254 g/mol. The third kappa shape index (κ3) is 3.99. The summed E-state index contributed by atoms with van der Waals surface area (Å²) in [7, 11) is 0. The Kier molecular flexibility index (Phi) is 5.44. The van der Waals surface area contributed by atoms with Crippen molar-refractivity contribution < 1.29 is 9.21 Å². The van der Waals surface area contributed by atoms with E-state index in [1.165, 1.54) is 19.3 Å². The van der Waals surface area contributed by atoms with Gasteiger partial charge in [-0.15, -0.1) is 0 Å². The first-order chi connectivity index (χ1) is 9.70. The van der Waals surface area contributed by atoms with Crippen molar-refractivity contribution in [3.8, 4) is 0 Å². The summed E-state index contributed by atoms with van der Waals surface area (Å²) in [4.78, 5) is 18.3. The first kappa shape index (κ1) is 14.9. The maximum atomic E-state index is 12.4. The van der Waals surface area contributed by atoms with E-state index in [4.69, 9.17) is 4.42 Å². The Labute approximate surface area is 120 Å². The Morgan fingerprint density at radius 2 is 2.20 bits per heavy atom. The van der Waals surface area contributed by atoms with Gasteiger partial charge in [0.05, 0.1) is 5.69 Å². The number of urea groups is 1. The summed E-state index contributed by atoms with van der Waals surface area (Å²) in [6.07, 6.45) is 9.42. The van der Waals surface area contributed by atoms with E-state index in [2.05, 4.69) is 17.2 Å². The molecule has 1 aromatic rings.